The van der Waals surface area contributed by atoms with Gasteiger partial charge in [0.1, 0.15) is 0 Å². The molecule has 24 heavy (non-hydrogen) atoms. The van der Waals surface area contributed by atoms with Gasteiger partial charge in [-0.25, -0.2) is 8.42 Å². The topological polar surface area (TPSA) is 125 Å². The molecule has 1 saturated heterocycles. The second-order valence-electron chi connectivity index (χ2n) is 5.46. The fourth-order valence-corrected chi connectivity index (χ4v) is 4.02. The van der Waals surface area contributed by atoms with Gasteiger partial charge in [0, 0.05) is 12.1 Å². The average molecular weight is 358 g/mol. The number of amides is 1. The molecule has 0 bridgehead atoms. The lowest BCUT2D eigenvalue weighted by Crippen LogP contribution is -2.43. The van der Waals surface area contributed by atoms with Gasteiger partial charge in [-0.2, -0.15) is 0 Å². The Morgan fingerprint density at radius 2 is 2.12 bits per heavy atom. The van der Waals surface area contributed by atoms with E-state index >= 15 is 0 Å². The monoisotopic (exact) mass is 358 g/mol. The van der Waals surface area contributed by atoms with Crippen LogP contribution < -0.4 is 14.8 Å². The van der Waals surface area contributed by atoms with Crippen molar-refractivity contribution in [3.05, 3.63) is 28.3 Å². The van der Waals surface area contributed by atoms with E-state index in [1.54, 1.807) is 0 Å². The van der Waals surface area contributed by atoms with E-state index in [9.17, 15) is 23.3 Å². The summed E-state index contributed by atoms with van der Waals surface area (Å²) in [6, 6.07) is 3.37. The summed E-state index contributed by atoms with van der Waals surface area (Å²) >= 11 is 0. The highest BCUT2D eigenvalue weighted by molar-refractivity contribution is 7.91. The van der Waals surface area contributed by atoms with Gasteiger partial charge in [0.15, 0.2) is 27.4 Å². The normalized spacial score (nSPS) is 20.2. The van der Waals surface area contributed by atoms with Crippen molar-refractivity contribution >= 4 is 21.4 Å². The minimum atomic E-state index is -3.10. The predicted octanol–water partition coefficient (Wildman–Crippen LogP) is 0.674. The van der Waals surface area contributed by atoms with Gasteiger partial charge in [-0.1, -0.05) is 0 Å². The third kappa shape index (κ3) is 4.34. The average Bonchev–Trinajstić information content (AvgIpc) is 2.85. The number of non-ortho nitro benzene ring substituents is 1. The van der Waals surface area contributed by atoms with Crippen molar-refractivity contribution in [1.82, 2.24) is 5.32 Å². The molecule has 2 unspecified atom stereocenters. The van der Waals surface area contributed by atoms with Crippen molar-refractivity contribution in [1.29, 1.82) is 0 Å². The van der Waals surface area contributed by atoms with E-state index < -0.39 is 32.8 Å². The third-order valence-corrected chi connectivity index (χ3v) is 5.38. The molecule has 132 valence electrons. The van der Waals surface area contributed by atoms with Gasteiger partial charge >= 0.3 is 0 Å². The Hall–Kier alpha value is -2.36. The van der Waals surface area contributed by atoms with Crippen LogP contribution in [0.1, 0.15) is 13.3 Å². The molecule has 0 aliphatic carbocycles. The van der Waals surface area contributed by atoms with Crippen molar-refractivity contribution in [2.24, 2.45) is 0 Å². The van der Waals surface area contributed by atoms with E-state index in [1.165, 1.54) is 32.2 Å². The standard InChI is InChI=1S/C14H18N2O7S/c1-9(14(17)15-10-5-6-24(20,21)8-10)23-13-7-11(16(18)19)3-4-12(13)22-2/h3-4,7,9-10H,5-6,8H2,1-2H3,(H,15,17). The Labute approximate surface area is 139 Å². The Bertz CT molecular complexity index is 747. The van der Waals surface area contributed by atoms with E-state index in [0.717, 1.165) is 0 Å². The van der Waals surface area contributed by atoms with Crippen molar-refractivity contribution in [3.8, 4) is 11.5 Å². The molecular formula is C14H18N2O7S. The molecule has 0 aromatic heterocycles. The molecule has 1 aromatic rings. The zero-order chi connectivity index (χ0) is 17.9. The van der Waals surface area contributed by atoms with Crippen LogP contribution in [0.5, 0.6) is 11.5 Å². The first-order valence-corrected chi connectivity index (χ1v) is 9.04. The molecule has 1 aliphatic rings. The van der Waals surface area contributed by atoms with Crippen LogP contribution in [0.3, 0.4) is 0 Å². The summed E-state index contributed by atoms with van der Waals surface area (Å²) in [5, 5.41) is 13.4. The van der Waals surface area contributed by atoms with Crippen LogP contribution in [0.15, 0.2) is 18.2 Å². The number of ether oxygens (including phenoxy) is 2. The van der Waals surface area contributed by atoms with Gasteiger partial charge in [0.25, 0.3) is 11.6 Å². The Morgan fingerprint density at radius 1 is 1.42 bits per heavy atom. The van der Waals surface area contributed by atoms with E-state index in [0.29, 0.717) is 6.42 Å². The zero-order valence-corrected chi connectivity index (χ0v) is 14.0. The number of benzene rings is 1. The molecule has 1 N–H and O–H groups in total. The maximum atomic E-state index is 12.1. The number of carbonyl (C=O) groups excluding carboxylic acids is 1. The van der Waals surface area contributed by atoms with Crippen LogP contribution >= 0.6 is 0 Å². The summed E-state index contributed by atoms with van der Waals surface area (Å²) in [6.07, 6.45) is -0.606. The van der Waals surface area contributed by atoms with Gasteiger partial charge in [0.2, 0.25) is 0 Å². The summed E-state index contributed by atoms with van der Waals surface area (Å²) < 4.78 is 33.3. The van der Waals surface area contributed by atoms with Crippen LogP contribution in [0.4, 0.5) is 5.69 Å². The Balaban J connectivity index is 2.05. The van der Waals surface area contributed by atoms with Crippen LogP contribution in [-0.2, 0) is 14.6 Å². The highest BCUT2D eigenvalue weighted by Crippen LogP contribution is 2.31. The fraction of sp³-hybridized carbons (Fsp3) is 0.500. The molecule has 1 fully saturated rings. The number of rotatable bonds is 6. The zero-order valence-electron chi connectivity index (χ0n) is 13.2. The van der Waals surface area contributed by atoms with Crippen LogP contribution in [0, 0.1) is 10.1 Å². The van der Waals surface area contributed by atoms with Crippen LogP contribution in [-0.4, -0.2) is 50.0 Å². The summed E-state index contributed by atoms with van der Waals surface area (Å²) in [6.45, 7) is 1.47. The minimum Gasteiger partial charge on any atom is -0.493 e. The number of hydrogen-bond acceptors (Lipinski definition) is 7. The van der Waals surface area contributed by atoms with Crippen molar-refractivity contribution in [2.45, 2.75) is 25.5 Å². The second kappa shape index (κ2) is 7.04. The molecule has 9 nitrogen and oxygen atoms in total. The highest BCUT2D eigenvalue weighted by atomic mass is 32.2. The molecule has 10 heteroatoms. The van der Waals surface area contributed by atoms with Crippen molar-refractivity contribution < 1.29 is 27.6 Å². The summed E-state index contributed by atoms with van der Waals surface area (Å²) in [5.41, 5.74) is -0.194. The molecule has 0 radical (unpaired) electrons. The molecule has 0 saturated carbocycles. The largest absolute Gasteiger partial charge is 0.493 e. The number of methoxy groups -OCH3 is 1. The van der Waals surface area contributed by atoms with Gasteiger partial charge < -0.3 is 14.8 Å². The van der Waals surface area contributed by atoms with E-state index in [4.69, 9.17) is 9.47 Å². The molecule has 0 spiro atoms. The Kier molecular flexibility index (Phi) is 5.27. The number of sulfone groups is 1. The summed E-state index contributed by atoms with van der Waals surface area (Å²) in [5.74, 6) is -0.222. The predicted molar refractivity (Wildman–Crippen MR) is 84.9 cm³/mol. The minimum absolute atomic E-state index is 0.0475. The maximum absolute atomic E-state index is 12.1. The first-order chi connectivity index (χ1) is 11.2. The first kappa shape index (κ1) is 18.0. The highest BCUT2D eigenvalue weighted by Gasteiger charge is 2.30. The van der Waals surface area contributed by atoms with E-state index in [2.05, 4.69) is 5.32 Å². The number of nitrogens with one attached hydrogen (secondary N) is 1. The lowest BCUT2D eigenvalue weighted by atomic mass is 10.2. The molecule has 1 amide bonds. The maximum Gasteiger partial charge on any atom is 0.273 e. The van der Waals surface area contributed by atoms with Gasteiger partial charge in [-0.05, 0) is 19.4 Å². The lowest BCUT2D eigenvalue weighted by Gasteiger charge is -2.18. The SMILES string of the molecule is COc1ccc([N+](=O)[O-])cc1OC(C)C(=O)NC1CCS(=O)(=O)C1. The quantitative estimate of drug-likeness (QED) is 0.585. The van der Waals surface area contributed by atoms with Crippen LogP contribution in [0.2, 0.25) is 0 Å². The van der Waals surface area contributed by atoms with Crippen molar-refractivity contribution in [3.63, 3.8) is 0 Å². The molecule has 1 aliphatic heterocycles. The van der Waals surface area contributed by atoms with Crippen molar-refractivity contribution in [2.75, 3.05) is 18.6 Å². The molecule has 2 atom stereocenters. The Morgan fingerprint density at radius 3 is 2.67 bits per heavy atom. The van der Waals surface area contributed by atoms with Gasteiger partial charge in [0.05, 0.1) is 29.6 Å². The van der Waals surface area contributed by atoms with Gasteiger partial charge in [-0.15, -0.1) is 0 Å². The van der Waals surface area contributed by atoms with E-state index in [1.807, 2.05) is 0 Å². The first-order valence-electron chi connectivity index (χ1n) is 7.21. The third-order valence-electron chi connectivity index (χ3n) is 3.61. The number of nitrogens with zero attached hydrogens (tertiary/aromatic N) is 1. The van der Waals surface area contributed by atoms with Gasteiger partial charge in [-0.3, -0.25) is 14.9 Å². The second-order valence-corrected chi connectivity index (χ2v) is 7.69. The molecular weight excluding hydrogens is 340 g/mol. The molecule has 1 aromatic carbocycles. The van der Waals surface area contributed by atoms with E-state index in [-0.39, 0.29) is 28.7 Å². The number of hydrogen-bond donors (Lipinski definition) is 1. The smallest absolute Gasteiger partial charge is 0.273 e. The fourth-order valence-electron chi connectivity index (χ4n) is 2.34. The summed E-state index contributed by atoms with van der Waals surface area (Å²) in [7, 11) is -1.72. The van der Waals surface area contributed by atoms with Crippen LogP contribution in [0.25, 0.3) is 0 Å². The molecule has 1 heterocycles. The summed E-state index contributed by atoms with van der Waals surface area (Å²) in [4.78, 5) is 22.4. The lowest BCUT2D eigenvalue weighted by molar-refractivity contribution is -0.385. The number of nitro groups is 1. The number of carbonyl (C=O) groups is 1. The number of nitro benzene ring substituents is 1. The molecule has 2 rings (SSSR count).